The highest BCUT2D eigenvalue weighted by molar-refractivity contribution is 5.53. The molecular formula is C13H17N3O3. The van der Waals surface area contributed by atoms with Gasteiger partial charge < -0.3 is 9.64 Å². The van der Waals surface area contributed by atoms with Crippen LogP contribution in [0.3, 0.4) is 0 Å². The number of non-ortho nitro benzene ring substituents is 1. The molecule has 2 aliphatic heterocycles. The molecule has 102 valence electrons. The van der Waals surface area contributed by atoms with Crippen molar-refractivity contribution < 1.29 is 9.66 Å². The Morgan fingerprint density at radius 3 is 2.53 bits per heavy atom. The monoisotopic (exact) mass is 263 g/mol. The van der Waals surface area contributed by atoms with Crippen LogP contribution in [0.25, 0.3) is 0 Å². The molecule has 1 aromatic carbocycles. The van der Waals surface area contributed by atoms with Crippen LogP contribution in [-0.2, 0) is 4.74 Å². The summed E-state index contributed by atoms with van der Waals surface area (Å²) in [4.78, 5) is 15.1. The maximum absolute atomic E-state index is 10.8. The van der Waals surface area contributed by atoms with E-state index in [1.165, 1.54) is 6.07 Å². The van der Waals surface area contributed by atoms with E-state index in [0.29, 0.717) is 6.04 Å². The van der Waals surface area contributed by atoms with Crippen molar-refractivity contribution in [3.8, 4) is 0 Å². The van der Waals surface area contributed by atoms with Gasteiger partial charge in [0.25, 0.3) is 5.69 Å². The van der Waals surface area contributed by atoms with Crippen molar-refractivity contribution in [3.05, 3.63) is 34.4 Å². The van der Waals surface area contributed by atoms with Gasteiger partial charge in [0.05, 0.1) is 24.2 Å². The van der Waals surface area contributed by atoms with Gasteiger partial charge in [0.15, 0.2) is 0 Å². The van der Waals surface area contributed by atoms with Crippen LogP contribution in [-0.4, -0.2) is 55.3 Å². The number of nitro groups is 1. The van der Waals surface area contributed by atoms with E-state index in [-0.39, 0.29) is 10.6 Å². The highest BCUT2D eigenvalue weighted by Crippen LogP contribution is 2.23. The highest BCUT2D eigenvalue weighted by atomic mass is 16.6. The molecule has 19 heavy (non-hydrogen) atoms. The molecule has 2 heterocycles. The van der Waals surface area contributed by atoms with E-state index in [2.05, 4.69) is 9.80 Å². The minimum Gasteiger partial charge on any atom is -0.378 e. The fourth-order valence-corrected chi connectivity index (χ4v) is 2.58. The lowest BCUT2D eigenvalue weighted by Gasteiger charge is -2.43. The summed E-state index contributed by atoms with van der Waals surface area (Å²) in [6, 6.07) is 7.45. The molecule has 0 atom stereocenters. The number of piperazine rings is 1. The molecule has 6 heteroatoms. The molecule has 3 rings (SSSR count). The normalized spacial score (nSPS) is 21.2. The third kappa shape index (κ3) is 2.54. The Morgan fingerprint density at radius 1 is 1.21 bits per heavy atom. The SMILES string of the molecule is O=[N+]([O-])c1cccc(N2CCN(C3COC3)CC2)c1. The first-order valence-corrected chi connectivity index (χ1v) is 6.55. The van der Waals surface area contributed by atoms with Crippen molar-refractivity contribution >= 4 is 11.4 Å². The number of anilines is 1. The van der Waals surface area contributed by atoms with Crippen molar-refractivity contribution in [2.24, 2.45) is 0 Å². The average Bonchev–Trinajstić information content (AvgIpc) is 2.38. The van der Waals surface area contributed by atoms with Crippen LogP contribution in [0.15, 0.2) is 24.3 Å². The number of rotatable bonds is 3. The zero-order valence-electron chi connectivity index (χ0n) is 10.7. The number of nitro benzene ring substituents is 1. The van der Waals surface area contributed by atoms with Gasteiger partial charge in [0, 0.05) is 44.0 Å². The molecule has 0 aliphatic carbocycles. The molecule has 0 saturated carbocycles. The van der Waals surface area contributed by atoms with Gasteiger partial charge in [0.1, 0.15) is 0 Å². The zero-order valence-corrected chi connectivity index (χ0v) is 10.7. The van der Waals surface area contributed by atoms with Crippen molar-refractivity contribution in [3.63, 3.8) is 0 Å². The number of hydrogen-bond acceptors (Lipinski definition) is 5. The molecule has 2 saturated heterocycles. The van der Waals surface area contributed by atoms with Gasteiger partial charge in [-0.05, 0) is 6.07 Å². The Labute approximate surface area is 111 Å². The van der Waals surface area contributed by atoms with Crippen molar-refractivity contribution in [2.75, 3.05) is 44.3 Å². The lowest BCUT2D eigenvalue weighted by molar-refractivity contribution is -0.384. The zero-order chi connectivity index (χ0) is 13.2. The summed E-state index contributed by atoms with van der Waals surface area (Å²) in [5, 5.41) is 10.8. The first-order chi connectivity index (χ1) is 9.24. The van der Waals surface area contributed by atoms with Gasteiger partial charge in [-0.1, -0.05) is 6.07 Å². The van der Waals surface area contributed by atoms with E-state index >= 15 is 0 Å². The quantitative estimate of drug-likeness (QED) is 0.604. The van der Waals surface area contributed by atoms with Gasteiger partial charge >= 0.3 is 0 Å². The second kappa shape index (κ2) is 5.14. The molecule has 0 amide bonds. The fraction of sp³-hybridized carbons (Fsp3) is 0.538. The lowest BCUT2D eigenvalue weighted by atomic mass is 10.1. The molecular weight excluding hydrogens is 246 g/mol. The van der Waals surface area contributed by atoms with Crippen LogP contribution in [0.4, 0.5) is 11.4 Å². The largest absolute Gasteiger partial charge is 0.378 e. The van der Waals surface area contributed by atoms with Crippen LogP contribution in [0.5, 0.6) is 0 Å². The minimum atomic E-state index is -0.342. The Balaban J connectivity index is 1.64. The van der Waals surface area contributed by atoms with Gasteiger partial charge in [0.2, 0.25) is 0 Å². The first-order valence-electron chi connectivity index (χ1n) is 6.55. The fourth-order valence-electron chi connectivity index (χ4n) is 2.58. The molecule has 0 bridgehead atoms. The van der Waals surface area contributed by atoms with Crippen molar-refractivity contribution in [1.82, 2.24) is 4.90 Å². The Kier molecular flexibility index (Phi) is 3.35. The molecule has 1 aromatic rings. The van der Waals surface area contributed by atoms with Crippen LogP contribution in [0, 0.1) is 10.1 Å². The number of nitrogens with zero attached hydrogens (tertiary/aromatic N) is 3. The maximum Gasteiger partial charge on any atom is 0.271 e. The van der Waals surface area contributed by atoms with Gasteiger partial charge in [-0.2, -0.15) is 0 Å². The summed E-state index contributed by atoms with van der Waals surface area (Å²) in [7, 11) is 0. The number of hydrogen-bond donors (Lipinski definition) is 0. The third-order valence-electron chi connectivity index (χ3n) is 3.86. The van der Waals surface area contributed by atoms with Crippen molar-refractivity contribution in [1.29, 1.82) is 0 Å². The Hall–Kier alpha value is -1.66. The second-order valence-electron chi connectivity index (χ2n) is 4.99. The molecule has 0 radical (unpaired) electrons. The van der Waals surface area contributed by atoms with Gasteiger partial charge in [-0.3, -0.25) is 15.0 Å². The Morgan fingerprint density at radius 2 is 1.95 bits per heavy atom. The second-order valence-corrected chi connectivity index (χ2v) is 4.99. The van der Waals surface area contributed by atoms with E-state index in [4.69, 9.17) is 4.74 Å². The molecule has 2 aliphatic rings. The number of benzene rings is 1. The third-order valence-corrected chi connectivity index (χ3v) is 3.86. The summed E-state index contributed by atoms with van der Waals surface area (Å²) in [6.45, 7) is 5.51. The summed E-state index contributed by atoms with van der Waals surface area (Å²) < 4.78 is 5.21. The molecule has 0 aromatic heterocycles. The lowest BCUT2D eigenvalue weighted by Crippen LogP contribution is -2.56. The van der Waals surface area contributed by atoms with E-state index in [1.807, 2.05) is 6.07 Å². The molecule has 0 spiro atoms. The van der Waals surface area contributed by atoms with Gasteiger partial charge in [-0.15, -0.1) is 0 Å². The predicted octanol–water partition coefficient (Wildman–Crippen LogP) is 1.12. The van der Waals surface area contributed by atoms with E-state index in [1.54, 1.807) is 12.1 Å². The van der Waals surface area contributed by atoms with Gasteiger partial charge in [-0.25, -0.2) is 0 Å². The maximum atomic E-state index is 10.8. The van der Waals surface area contributed by atoms with E-state index in [9.17, 15) is 10.1 Å². The molecule has 6 nitrogen and oxygen atoms in total. The van der Waals surface area contributed by atoms with E-state index < -0.39 is 0 Å². The van der Waals surface area contributed by atoms with Crippen molar-refractivity contribution in [2.45, 2.75) is 6.04 Å². The summed E-state index contributed by atoms with van der Waals surface area (Å²) in [5.41, 5.74) is 1.10. The Bertz CT molecular complexity index is 468. The van der Waals surface area contributed by atoms with Crippen LogP contribution >= 0.6 is 0 Å². The minimum absolute atomic E-state index is 0.160. The summed E-state index contributed by atoms with van der Waals surface area (Å²) >= 11 is 0. The first kappa shape index (κ1) is 12.4. The molecule has 0 N–H and O–H groups in total. The predicted molar refractivity (Wildman–Crippen MR) is 71.5 cm³/mol. The highest BCUT2D eigenvalue weighted by Gasteiger charge is 2.29. The van der Waals surface area contributed by atoms with Crippen LogP contribution < -0.4 is 4.90 Å². The van der Waals surface area contributed by atoms with Crippen LogP contribution in [0.2, 0.25) is 0 Å². The standard InChI is InChI=1S/C13H17N3O3/c17-16(18)12-3-1-2-11(8-12)14-4-6-15(7-5-14)13-9-19-10-13/h1-3,8,13H,4-7,9-10H2. The average molecular weight is 263 g/mol. The van der Waals surface area contributed by atoms with Crippen LogP contribution in [0.1, 0.15) is 0 Å². The summed E-state index contributed by atoms with van der Waals surface area (Å²) in [6.07, 6.45) is 0. The topological polar surface area (TPSA) is 58.9 Å². The number of ether oxygens (including phenoxy) is 1. The molecule has 2 fully saturated rings. The summed E-state index contributed by atoms with van der Waals surface area (Å²) in [5.74, 6) is 0. The van der Waals surface area contributed by atoms with E-state index in [0.717, 1.165) is 45.1 Å². The smallest absolute Gasteiger partial charge is 0.271 e. The molecule has 0 unspecified atom stereocenters.